The van der Waals surface area contributed by atoms with Crippen molar-refractivity contribution in [1.82, 2.24) is 20.1 Å². The lowest BCUT2D eigenvalue weighted by molar-refractivity contribution is -0.118. The van der Waals surface area contributed by atoms with Crippen LogP contribution in [0.4, 0.5) is 19.3 Å². The Bertz CT molecular complexity index is 1510. The van der Waals surface area contributed by atoms with Crippen LogP contribution >= 0.6 is 23.2 Å². The number of carbonyl (C=O) groups excluding carboxylic acids is 2. The van der Waals surface area contributed by atoms with Gasteiger partial charge in [0.15, 0.2) is 0 Å². The molecule has 2 N–H and O–H groups in total. The van der Waals surface area contributed by atoms with Crippen LogP contribution in [0, 0.1) is 11.6 Å². The molecule has 3 saturated heterocycles. The van der Waals surface area contributed by atoms with Crippen molar-refractivity contribution in [2.24, 2.45) is 0 Å². The van der Waals surface area contributed by atoms with Gasteiger partial charge >= 0.3 is 6.09 Å². The van der Waals surface area contributed by atoms with Crippen molar-refractivity contribution in [3.05, 3.63) is 93.2 Å². The van der Waals surface area contributed by atoms with Gasteiger partial charge in [0.2, 0.25) is 5.91 Å². The van der Waals surface area contributed by atoms with E-state index in [0.29, 0.717) is 35.6 Å². The maximum absolute atomic E-state index is 15.4. The lowest BCUT2D eigenvalue weighted by atomic mass is 9.85. The molecule has 4 heterocycles. The average Bonchev–Trinajstić information content (AvgIpc) is 3.33. The second kappa shape index (κ2) is 14.2. The summed E-state index contributed by atoms with van der Waals surface area (Å²) in [6.07, 6.45) is 6.67. The molecule has 2 amide bonds. The Labute approximate surface area is 265 Å². The van der Waals surface area contributed by atoms with Gasteiger partial charge in [-0.1, -0.05) is 35.3 Å². The Hall–Kier alpha value is -3.31. The zero-order chi connectivity index (χ0) is 31.4. The van der Waals surface area contributed by atoms with Gasteiger partial charge in [0.1, 0.15) is 17.7 Å². The third kappa shape index (κ3) is 7.15. The maximum Gasteiger partial charge on any atom is 0.407 e. The highest BCUT2D eigenvalue weighted by Gasteiger charge is 2.37. The van der Waals surface area contributed by atoms with E-state index in [-0.39, 0.29) is 21.9 Å². The molecule has 2 aromatic carbocycles. The van der Waals surface area contributed by atoms with E-state index < -0.39 is 35.6 Å². The van der Waals surface area contributed by atoms with Crippen LogP contribution in [0.5, 0.6) is 0 Å². The highest BCUT2D eigenvalue weighted by molar-refractivity contribution is 6.31. The van der Waals surface area contributed by atoms with Crippen LogP contribution in [0.2, 0.25) is 10.0 Å². The van der Waals surface area contributed by atoms with Crippen LogP contribution in [-0.2, 0) is 16.0 Å². The molecule has 0 saturated carbocycles. The zero-order valence-corrected chi connectivity index (χ0v) is 26.0. The van der Waals surface area contributed by atoms with Gasteiger partial charge in [0.25, 0.3) is 0 Å². The third-order valence-electron chi connectivity index (χ3n) is 8.69. The number of pyridine rings is 1. The molecule has 0 radical (unpaired) electrons. The summed E-state index contributed by atoms with van der Waals surface area (Å²) in [4.78, 5) is 35.6. The van der Waals surface area contributed by atoms with Gasteiger partial charge in [0, 0.05) is 42.1 Å². The number of benzene rings is 2. The fraction of sp³-hybridized carbons (Fsp3) is 0.406. The largest absolute Gasteiger partial charge is 0.453 e. The number of carbonyl (C=O) groups is 2. The molecular formula is C32H35Cl2F2N5O3. The summed E-state index contributed by atoms with van der Waals surface area (Å²) < 4.78 is 34.9. The number of fused-ring (bicyclic) bond motifs is 4. The first kappa shape index (κ1) is 32.1. The number of aromatic nitrogens is 1. The van der Waals surface area contributed by atoms with Crippen LogP contribution in [0.3, 0.4) is 0 Å². The molecule has 0 aliphatic carbocycles. The molecule has 12 heteroatoms. The summed E-state index contributed by atoms with van der Waals surface area (Å²) in [6, 6.07) is 9.37. The molecule has 3 aliphatic heterocycles. The normalized spacial score (nSPS) is 21.3. The van der Waals surface area contributed by atoms with Crippen molar-refractivity contribution in [3.63, 3.8) is 0 Å². The second-order valence-corrected chi connectivity index (χ2v) is 12.1. The molecule has 3 aromatic rings. The molecule has 3 unspecified atom stereocenters. The van der Waals surface area contributed by atoms with E-state index in [1.54, 1.807) is 18.2 Å². The summed E-state index contributed by atoms with van der Waals surface area (Å²) in [6.45, 7) is 2.03. The molecule has 3 aliphatic rings. The maximum atomic E-state index is 15.4. The Morgan fingerprint density at radius 3 is 2.64 bits per heavy atom. The second-order valence-electron chi connectivity index (χ2n) is 11.3. The molecule has 1 aromatic heterocycles. The van der Waals surface area contributed by atoms with Crippen LogP contribution < -0.4 is 10.6 Å². The Morgan fingerprint density at radius 1 is 1.07 bits per heavy atom. The molecule has 6 rings (SSSR count). The van der Waals surface area contributed by atoms with Gasteiger partial charge in [0.05, 0.1) is 23.3 Å². The number of rotatable bonds is 9. The summed E-state index contributed by atoms with van der Waals surface area (Å²) in [5.41, 5.74) is 1.41. The van der Waals surface area contributed by atoms with E-state index in [4.69, 9.17) is 27.9 Å². The predicted molar refractivity (Wildman–Crippen MR) is 166 cm³/mol. The van der Waals surface area contributed by atoms with Crippen LogP contribution in [0.15, 0.2) is 54.9 Å². The molecule has 8 nitrogen and oxygen atoms in total. The number of amides is 2. The zero-order valence-electron chi connectivity index (χ0n) is 24.5. The van der Waals surface area contributed by atoms with Crippen LogP contribution in [-0.4, -0.2) is 72.3 Å². The fourth-order valence-corrected chi connectivity index (χ4v) is 6.77. The van der Waals surface area contributed by atoms with Crippen LogP contribution in [0.25, 0.3) is 0 Å². The summed E-state index contributed by atoms with van der Waals surface area (Å²) in [7, 11) is 3.30. The first-order valence-corrected chi connectivity index (χ1v) is 15.4. The van der Waals surface area contributed by atoms with Gasteiger partial charge in [-0.05, 0) is 87.2 Å². The third-order valence-corrected chi connectivity index (χ3v) is 9.20. The highest BCUT2D eigenvalue weighted by Crippen LogP contribution is 2.34. The standard InChI is InChI=1S/C32H35Cl2F2N5O3/c1-40-22-5-4-13-41(14-12-22)28(40)11-9-23-25(35)6-3-7-27(23)38-31(42)30(39-32(43)44-2)29(20-15-21(33)18-37-17-20)19-8-10-24(34)26(36)16-19/h3,6-8,10,15-18,22,28-30H,4-5,9,11-14H2,1-2H3,(H,38,42)(H,39,43)/t22?,28?,29-,30-/m0/s1. The topological polar surface area (TPSA) is 86.8 Å². The number of hydrogen-bond donors (Lipinski definition) is 2. The minimum atomic E-state index is -1.34. The quantitative estimate of drug-likeness (QED) is 0.287. The Balaban J connectivity index is 1.47. The molecular weight excluding hydrogens is 611 g/mol. The monoisotopic (exact) mass is 645 g/mol. The Kier molecular flexibility index (Phi) is 10.4. The number of methoxy groups -OCH3 is 1. The van der Waals surface area contributed by atoms with Crippen LogP contribution in [0.1, 0.15) is 48.3 Å². The first-order valence-electron chi connectivity index (χ1n) is 14.6. The smallest absolute Gasteiger partial charge is 0.407 e. The average molecular weight is 647 g/mol. The van der Waals surface area contributed by atoms with Gasteiger partial charge in [-0.2, -0.15) is 0 Å². The predicted octanol–water partition coefficient (Wildman–Crippen LogP) is 6.22. The lowest BCUT2D eigenvalue weighted by Gasteiger charge is -2.44. The molecule has 234 valence electrons. The van der Waals surface area contributed by atoms with Crippen molar-refractivity contribution in [3.8, 4) is 0 Å². The SMILES string of the molecule is COC(=O)N[C@H](C(=O)Nc1cccc(F)c1CCC1N2CCCC(CC2)N1C)[C@H](c1cncc(Cl)c1)c1ccc(Cl)c(F)c1. The van der Waals surface area contributed by atoms with E-state index in [1.807, 2.05) is 0 Å². The van der Waals surface area contributed by atoms with E-state index in [2.05, 4.69) is 32.5 Å². The minimum absolute atomic E-state index is 0.105. The molecule has 3 fully saturated rings. The van der Waals surface area contributed by atoms with Crippen molar-refractivity contribution < 1.29 is 23.1 Å². The van der Waals surface area contributed by atoms with Crippen molar-refractivity contribution >= 4 is 40.9 Å². The highest BCUT2D eigenvalue weighted by atomic mass is 35.5. The van der Waals surface area contributed by atoms with Gasteiger partial charge < -0.3 is 15.4 Å². The lowest BCUT2D eigenvalue weighted by Crippen LogP contribution is -2.54. The van der Waals surface area contributed by atoms with Gasteiger partial charge in [-0.3, -0.25) is 19.6 Å². The van der Waals surface area contributed by atoms with Crippen molar-refractivity contribution in [2.75, 3.05) is 32.6 Å². The minimum Gasteiger partial charge on any atom is -0.453 e. The fourth-order valence-electron chi connectivity index (χ4n) is 6.47. The number of anilines is 1. The molecule has 2 bridgehead atoms. The summed E-state index contributed by atoms with van der Waals surface area (Å²) in [5, 5.41) is 5.59. The number of alkyl carbamates (subject to hydrolysis) is 1. The van der Waals surface area contributed by atoms with E-state index in [0.717, 1.165) is 32.4 Å². The summed E-state index contributed by atoms with van der Waals surface area (Å²) >= 11 is 12.2. The van der Waals surface area contributed by atoms with E-state index in [9.17, 15) is 14.0 Å². The number of nitrogens with zero attached hydrogens (tertiary/aromatic N) is 3. The number of hydrogen-bond acceptors (Lipinski definition) is 6. The van der Waals surface area contributed by atoms with Gasteiger partial charge in [-0.25, -0.2) is 13.6 Å². The first-order chi connectivity index (χ1) is 21.2. The number of nitrogens with one attached hydrogen (secondary N) is 2. The van der Waals surface area contributed by atoms with E-state index in [1.165, 1.54) is 43.8 Å². The molecule has 0 spiro atoms. The van der Waals surface area contributed by atoms with E-state index >= 15 is 4.39 Å². The van der Waals surface area contributed by atoms with Crippen molar-refractivity contribution in [2.45, 2.75) is 56.3 Å². The number of ether oxygens (including phenoxy) is 1. The molecule has 44 heavy (non-hydrogen) atoms. The Morgan fingerprint density at radius 2 is 1.89 bits per heavy atom. The summed E-state index contributed by atoms with van der Waals surface area (Å²) in [5.74, 6) is -2.78. The number of halogens is 4. The molecule has 5 atom stereocenters. The van der Waals surface area contributed by atoms with Crippen molar-refractivity contribution in [1.29, 1.82) is 0 Å². The van der Waals surface area contributed by atoms with Gasteiger partial charge in [-0.15, -0.1) is 0 Å².